The Labute approximate surface area is 144 Å². The van der Waals surface area contributed by atoms with Gasteiger partial charge in [0.05, 0.1) is 16.8 Å². The standard InChI is InChI=1S/C19H15N5O/c1-13-4-6-16(15-3-2-8-21-18(13)15)23-19(25)14-5-7-17(22-11-14)24-10-9-20-12-24/h2-12H,1H3,(H,23,25). The van der Waals surface area contributed by atoms with Crippen molar-refractivity contribution < 1.29 is 4.79 Å². The molecule has 3 aromatic heterocycles. The third kappa shape index (κ3) is 2.85. The van der Waals surface area contributed by atoms with Crippen molar-refractivity contribution in [2.24, 2.45) is 0 Å². The zero-order chi connectivity index (χ0) is 17.2. The fourth-order valence-corrected chi connectivity index (χ4v) is 2.69. The van der Waals surface area contributed by atoms with Gasteiger partial charge in [0.15, 0.2) is 0 Å². The lowest BCUT2D eigenvalue weighted by molar-refractivity contribution is 0.102. The number of rotatable bonds is 3. The highest BCUT2D eigenvalue weighted by Crippen LogP contribution is 2.25. The van der Waals surface area contributed by atoms with Gasteiger partial charge >= 0.3 is 0 Å². The summed E-state index contributed by atoms with van der Waals surface area (Å²) < 4.78 is 1.78. The molecule has 1 aromatic carbocycles. The summed E-state index contributed by atoms with van der Waals surface area (Å²) in [5.74, 6) is 0.498. The highest BCUT2D eigenvalue weighted by Gasteiger charge is 2.10. The minimum Gasteiger partial charge on any atom is -0.321 e. The molecule has 122 valence electrons. The third-order valence-corrected chi connectivity index (χ3v) is 4.00. The summed E-state index contributed by atoms with van der Waals surface area (Å²) >= 11 is 0. The lowest BCUT2D eigenvalue weighted by atomic mass is 10.1. The van der Waals surface area contributed by atoms with Crippen LogP contribution in [0.5, 0.6) is 0 Å². The van der Waals surface area contributed by atoms with E-state index in [-0.39, 0.29) is 5.91 Å². The average Bonchev–Trinajstić information content (AvgIpc) is 3.19. The van der Waals surface area contributed by atoms with E-state index in [1.807, 2.05) is 31.2 Å². The number of pyridine rings is 2. The highest BCUT2D eigenvalue weighted by molar-refractivity contribution is 6.08. The van der Waals surface area contributed by atoms with Gasteiger partial charge < -0.3 is 5.32 Å². The second-order valence-electron chi connectivity index (χ2n) is 5.66. The predicted molar refractivity (Wildman–Crippen MR) is 95.8 cm³/mol. The van der Waals surface area contributed by atoms with Crippen LogP contribution in [-0.4, -0.2) is 25.4 Å². The number of imidazole rings is 1. The van der Waals surface area contributed by atoms with Crippen LogP contribution in [0.2, 0.25) is 0 Å². The van der Waals surface area contributed by atoms with Crippen molar-refractivity contribution in [3.63, 3.8) is 0 Å². The normalized spacial score (nSPS) is 10.8. The maximum atomic E-state index is 12.5. The van der Waals surface area contributed by atoms with Crippen molar-refractivity contribution in [3.05, 3.63) is 78.6 Å². The van der Waals surface area contributed by atoms with Gasteiger partial charge in [-0.2, -0.15) is 0 Å². The molecule has 4 rings (SSSR count). The van der Waals surface area contributed by atoms with Crippen LogP contribution >= 0.6 is 0 Å². The number of nitrogens with one attached hydrogen (secondary N) is 1. The van der Waals surface area contributed by atoms with E-state index in [0.29, 0.717) is 11.4 Å². The lowest BCUT2D eigenvalue weighted by Crippen LogP contribution is -2.13. The average molecular weight is 329 g/mol. The van der Waals surface area contributed by atoms with Crippen molar-refractivity contribution >= 4 is 22.5 Å². The monoisotopic (exact) mass is 329 g/mol. The second-order valence-corrected chi connectivity index (χ2v) is 5.66. The Bertz CT molecular complexity index is 1040. The molecule has 6 heteroatoms. The minimum atomic E-state index is -0.210. The summed E-state index contributed by atoms with van der Waals surface area (Å²) in [4.78, 5) is 25.2. The molecule has 6 nitrogen and oxygen atoms in total. The van der Waals surface area contributed by atoms with Gasteiger partial charge in [-0.15, -0.1) is 0 Å². The number of nitrogens with zero attached hydrogens (tertiary/aromatic N) is 4. The number of hydrogen-bond acceptors (Lipinski definition) is 4. The lowest BCUT2D eigenvalue weighted by Gasteiger charge is -2.10. The van der Waals surface area contributed by atoms with Gasteiger partial charge in [-0.05, 0) is 42.8 Å². The van der Waals surface area contributed by atoms with Crippen LogP contribution < -0.4 is 5.32 Å². The first-order valence-electron chi connectivity index (χ1n) is 7.82. The van der Waals surface area contributed by atoms with Gasteiger partial charge in [0.1, 0.15) is 12.1 Å². The number of carbonyl (C=O) groups excluding carboxylic acids is 1. The molecule has 0 saturated carbocycles. The van der Waals surface area contributed by atoms with Crippen LogP contribution in [0.3, 0.4) is 0 Å². The SMILES string of the molecule is Cc1ccc(NC(=O)c2ccc(-n3ccnc3)nc2)c2cccnc12. The number of aryl methyl sites for hydroxylation is 1. The van der Waals surface area contributed by atoms with Gasteiger partial charge in [-0.1, -0.05) is 6.07 Å². The summed E-state index contributed by atoms with van der Waals surface area (Å²) in [6.07, 6.45) is 8.44. The van der Waals surface area contributed by atoms with Crippen molar-refractivity contribution in [1.82, 2.24) is 19.5 Å². The van der Waals surface area contributed by atoms with Gasteiger partial charge in [0.25, 0.3) is 5.91 Å². The van der Waals surface area contributed by atoms with Crippen LogP contribution in [-0.2, 0) is 0 Å². The van der Waals surface area contributed by atoms with E-state index in [1.165, 1.54) is 0 Å². The third-order valence-electron chi connectivity index (χ3n) is 4.00. The van der Waals surface area contributed by atoms with E-state index in [1.54, 1.807) is 47.8 Å². The summed E-state index contributed by atoms with van der Waals surface area (Å²) in [5.41, 5.74) is 3.17. The van der Waals surface area contributed by atoms with Crippen molar-refractivity contribution in [2.45, 2.75) is 6.92 Å². The number of anilines is 1. The molecule has 1 N–H and O–H groups in total. The Morgan fingerprint density at radius 3 is 2.76 bits per heavy atom. The zero-order valence-electron chi connectivity index (χ0n) is 13.5. The first-order valence-corrected chi connectivity index (χ1v) is 7.82. The van der Waals surface area contributed by atoms with E-state index >= 15 is 0 Å². The van der Waals surface area contributed by atoms with Crippen LogP contribution in [0.4, 0.5) is 5.69 Å². The Balaban J connectivity index is 1.61. The largest absolute Gasteiger partial charge is 0.321 e. The Hall–Kier alpha value is -3.54. The smallest absolute Gasteiger partial charge is 0.257 e. The molecule has 0 unspecified atom stereocenters. The number of aromatic nitrogens is 4. The molecule has 3 heterocycles. The Morgan fingerprint density at radius 2 is 2.00 bits per heavy atom. The summed E-state index contributed by atoms with van der Waals surface area (Å²) in [7, 11) is 0. The predicted octanol–water partition coefficient (Wildman–Crippen LogP) is 3.38. The van der Waals surface area contributed by atoms with Gasteiger partial charge in [-0.25, -0.2) is 9.97 Å². The van der Waals surface area contributed by atoms with Crippen LogP contribution in [0, 0.1) is 6.92 Å². The molecule has 0 aliphatic rings. The second kappa shape index (κ2) is 6.16. The fraction of sp³-hybridized carbons (Fsp3) is 0.0526. The van der Waals surface area contributed by atoms with Gasteiger partial charge in [0, 0.05) is 30.2 Å². The maximum Gasteiger partial charge on any atom is 0.257 e. The minimum absolute atomic E-state index is 0.210. The van der Waals surface area contributed by atoms with Crippen LogP contribution in [0.25, 0.3) is 16.7 Å². The van der Waals surface area contributed by atoms with Crippen LogP contribution in [0.1, 0.15) is 15.9 Å². The molecule has 4 aromatic rings. The van der Waals surface area contributed by atoms with Crippen LogP contribution in [0.15, 0.2) is 67.5 Å². The molecule has 0 aliphatic heterocycles. The molecule has 0 fully saturated rings. The first kappa shape index (κ1) is 15.0. The quantitative estimate of drug-likeness (QED) is 0.625. The first-order chi connectivity index (χ1) is 12.2. The highest BCUT2D eigenvalue weighted by atomic mass is 16.1. The molecule has 0 spiro atoms. The topological polar surface area (TPSA) is 72.7 Å². The molecule has 25 heavy (non-hydrogen) atoms. The number of benzene rings is 1. The number of carbonyl (C=O) groups is 1. The molecule has 0 radical (unpaired) electrons. The molecule has 0 saturated heterocycles. The van der Waals surface area contributed by atoms with Crippen molar-refractivity contribution in [3.8, 4) is 5.82 Å². The van der Waals surface area contributed by atoms with E-state index < -0.39 is 0 Å². The van der Waals surface area contributed by atoms with Gasteiger partial charge in [-0.3, -0.25) is 14.3 Å². The van der Waals surface area contributed by atoms with E-state index in [0.717, 1.165) is 22.2 Å². The van der Waals surface area contributed by atoms with Crippen molar-refractivity contribution in [2.75, 3.05) is 5.32 Å². The Kier molecular flexibility index (Phi) is 3.70. The summed E-state index contributed by atoms with van der Waals surface area (Å²) in [6.45, 7) is 2.00. The van der Waals surface area contributed by atoms with E-state index in [2.05, 4.69) is 20.3 Å². The Morgan fingerprint density at radius 1 is 1.08 bits per heavy atom. The summed E-state index contributed by atoms with van der Waals surface area (Å²) in [5, 5.41) is 3.86. The zero-order valence-corrected chi connectivity index (χ0v) is 13.5. The number of hydrogen-bond donors (Lipinski definition) is 1. The van der Waals surface area contributed by atoms with Gasteiger partial charge in [0.2, 0.25) is 0 Å². The number of fused-ring (bicyclic) bond motifs is 1. The molecule has 0 bridgehead atoms. The fourth-order valence-electron chi connectivity index (χ4n) is 2.69. The van der Waals surface area contributed by atoms with Crippen molar-refractivity contribution in [1.29, 1.82) is 0 Å². The maximum absolute atomic E-state index is 12.5. The van der Waals surface area contributed by atoms with E-state index in [4.69, 9.17) is 0 Å². The molecular formula is C19H15N5O. The molecule has 1 amide bonds. The van der Waals surface area contributed by atoms with E-state index in [9.17, 15) is 4.79 Å². The number of amides is 1. The summed E-state index contributed by atoms with van der Waals surface area (Å²) in [6, 6.07) is 11.2. The molecule has 0 atom stereocenters. The molecular weight excluding hydrogens is 314 g/mol. The molecule has 0 aliphatic carbocycles.